The molecule has 0 aromatic heterocycles. The van der Waals surface area contributed by atoms with Gasteiger partial charge in [-0.05, 0) is 0 Å². The average molecular weight is 240 g/mol. The van der Waals surface area contributed by atoms with Crippen molar-refractivity contribution >= 4 is 23.1 Å². The molecule has 0 N–H and O–H groups in total. The van der Waals surface area contributed by atoms with E-state index in [0.29, 0.717) is 0 Å². The van der Waals surface area contributed by atoms with Gasteiger partial charge < -0.3 is 14.0 Å². The van der Waals surface area contributed by atoms with Gasteiger partial charge in [-0.2, -0.15) is 0 Å². The maximum atomic E-state index is 11.9. The molecule has 4 heterocycles. The summed E-state index contributed by atoms with van der Waals surface area (Å²) in [6, 6.07) is 0. The predicted octanol–water partition coefficient (Wildman–Crippen LogP) is -0.858. The zero-order valence-corrected chi connectivity index (χ0v) is 8.99. The molecule has 16 heavy (non-hydrogen) atoms. The number of rotatable bonds is 0. The van der Waals surface area contributed by atoms with Crippen LogP contribution in [0.25, 0.3) is 0 Å². The number of cyclic esters (lactones) is 2. The van der Waals surface area contributed by atoms with E-state index in [1.54, 1.807) is 12.2 Å². The molecule has 2 bridgehead atoms. The second-order valence-electron chi connectivity index (χ2n) is 4.71. The van der Waals surface area contributed by atoms with E-state index in [0.717, 1.165) is 0 Å². The van der Waals surface area contributed by atoms with Crippen molar-refractivity contribution in [3.05, 3.63) is 12.2 Å². The fourth-order valence-corrected chi connectivity index (χ4v) is 5.68. The lowest BCUT2D eigenvalue weighted by Crippen LogP contribution is -2.50. The van der Waals surface area contributed by atoms with Crippen LogP contribution in [0.3, 0.4) is 0 Å². The van der Waals surface area contributed by atoms with Gasteiger partial charge >= 0.3 is 11.9 Å². The van der Waals surface area contributed by atoms with Crippen molar-refractivity contribution in [2.45, 2.75) is 12.2 Å². The van der Waals surface area contributed by atoms with Gasteiger partial charge in [0.25, 0.3) is 0 Å². The number of ether oxygens (including phenoxy) is 2. The Hall–Kier alpha value is -0.850. The maximum absolute atomic E-state index is 11.9. The van der Waals surface area contributed by atoms with E-state index in [1.165, 1.54) is 0 Å². The smallest absolute Gasteiger partial charge is 0.329 e. The summed E-state index contributed by atoms with van der Waals surface area (Å²) in [7, 11) is 0. The molecule has 3 fully saturated rings. The van der Waals surface area contributed by atoms with E-state index in [9.17, 15) is 14.1 Å². The molecule has 84 valence electrons. The Balaban J connectivity index is 2.02. The van der Waals surface area contributed by atoms with Crippen LogP contribution in [0, 0.1) is 10.8 Å². The Bertz CT molecular complexity index is 422. The number of fused-ring (bicyclic) bond motifs is 2. The molecule has 0 amide bonds. The molecule has 4 atom stereocenters. The third kappa shape index (κ3) is 0.638. The quantitative estimate of drug-likeness (QED) is 0.238. The Kier molecular flexibility index (Phi) is 1.36. The van der Waals surface area contributed by atoms with Crippen LogP contribution in [0.5, 0.6) is 0 Å². The Labute approximate surface area is 94.0 Å². The summed E-state index contributed by atoms with van der Waals surface area (Å²) < 4.78 is 22.1. The largest absolute Gasteiger partial charge is 0.616 e. The van der Waals surface area contributed by atoms with E-state index in [-0.39, 0.29) is 11.5 Å². The fraction of sp³-hybridized carbons (Fsp3) is 0.600. The predicted molar refractivity (Wildman–Crippen MR) is 51.6 cm³/mol. The summed E-state index contributed by atoms with van der Waals surface area (Å²) in [6.45, 7) is 0. The number of hydrogen-bond donors (Lipinski definition) is 0. The van der Waals surface area contributed by atoms with Gasteiger partial charge in [-0.1, -0.05) is 23.3 Å². The zero-order valence-electron chi connectivity index (χ0n) is 8.17. The summed E-state index contributed by atoms with van der Waals surface area (Å²) in [5.74, 6) is -0.744. The van der Waals surface area contributed by atoms with Gasteiger partial charge in [-0.25, -0.2) is 0 Å². The second kappa shape index (κ2) is 2.37. The average Bonchev–Trinajstić information content (AvgIpc) is 2.86. The van der Waals surface area contributed by atoms with Crippen molar-refractivity contribution < 1.29 is 23.6 Å². The first-order valence-corrected chi connectivity index (χ1v) is 6.55. The number of esters is 2. The van der Waals surface area contributed by atoms with Crippen molar-refractivity contribution in [1.29, 1.82) is 0 Å². The lowest BCUT2D eigenvalue weighted by Gasteiger charge is -2.27. The van der Waals surface area contributed by atoms with E-state index < -0.39 is 46.2 Å². The molecule has 4 aliphatic rings. The highest BCUT2D eigenvalue weighted by atomic mass is 32.2. The van der Waals surface area contributed by atoms with Crippen LogP contribution in [0.4, 0.5) is 0 Å². The van der Waals surface area contributed by atoms with Crippen molar-refractivity contribution in [3.63, 3.8) is 0 Å². The molecule has 4 aliphatic heterocycles. The van der Waals surface area contributed by atoms with Crippen molar-refractivity contribution in [2.24, 2.45) is 10.8 Å². The molecular formula is C10H8O5S. The molecule has 5 nitrogen and oxygen atoms in total. The van der Waals surface area contributed by atoms with Crippen LogP contribution in [0.15, 0.2) is 12.2 Å². The zero-order chi connectivity index (χ0) is 11.1. The molecule has 0 spiro atoms. The van der Waals surface area contributed by atoms with Crippen LogP contribution in [0.1, 0.15) is 0 Å². The van der Waals surface area contributed by atoms with Crippen LogP contribution in [-0.2, 0) is 30.2 Å². The van der Waals surface area contributed by atoms with Crippen LogP contribution in [0.2, 0.25) is 0 Å². The molecule has 4 unspecified atom stereocenters. The highest BCUT2D eigenvalue weighted by molar-refractivity contribution is 7.91. The summed E-state index contributed by atoms with van der Waals surface area (Å²) in [5.41, 5.74) is -2.01. The highest BCUT2D eigenvalue weighted by Crippen LogP contribution is 2.65. The van der Waals surface area contributed by atoms with Gasteiger partial charge in [0.1, 0.15) is 11.5 Å². The minimum atomic E-state index is -1.14. The molecule has 3 saturated heterocycles. The molecule has 0 aromatic carbocycles. The molecule has 0 radical (unpaired) electrons. The SMILES string of the molecule is O=C1OC(=O)C23C[S+]([O-])CC12C1C=CC3O1. The molecule has 4 rings (SSSR count). The molecule has 0 saturated carbocycles. The Morgan fingerprint density at radius 3 is 2.19 bits per heavy atom. The van der Waals surface area contributed by atoms with Crippen molar-refractivity contribution in [3.8, 4) is 0 Å². The molecule has 0 aliphatic carbocycles. The van der Waals surface area contributed by atoms with E-state index in [1.807, 2.05) is 0 Å². The first kappa shape index (κ1) is 9.21. The minimum absolute atomic E-state index is 0.184. The van der Waals surface area contributed by atoms with Gasteiger partial charge in [0, 0.05) is 0 Å². The third-order valence-corrected chi connectivity index (χ3v) is 5.77. The van der Waals surface area contributed by atoms with Gasteiger partial charge in [-0.3, -0.25) is 9.59 Å². The van der Waals surface area contributed by atoms with E-state index in [4.69, 9.17) is 9.47 Å². The minimum Gasteiger partial charge on any atom is -0.616 e. The first-order valence-electron chi connectivity index (χ1n) is 5.07. The Morgan fingerprint density at radius 2 is 1.69 bits per heavy atom. The van der Waals surface area contributed by atoms with Gasteiger partial charge in [0.2, 0.25) is 0 Å². The van der Waals surface area contributed by atoms with Crippen LogP contribution >= 0.6 is 0 Å². The monoisotopic (exact) mass is 240 g/mol. The van der Waals surface area contributed by atoms with Gasteiger partial charge in [0.05, 0.1) is 12.2 Å². The topological polar surface area (TPSA) is 75.7 Å². The third-order valence-electron chi connectivity index (χ3n) is 4.21. The first-order chi connectivity index (χ1) is 7.61. The van der Waals surface area contributed by atoms with Crippen molar-refractivity contribution in [1.82, 2.24) is 0 Å². The number of hydrogen-bond acceptors (Lipinski definition) is 5. The molecular weight excluding hydrogens is 232 g/mol. The molecule has 6 heteroatoms. The Morgan fingerprint density at radius 1 is 1.19 bits per heavy atom. The van der Waals surface area contributed by atoms with Gasteiger partial charge in [-0.15, -0.1) is 0 Å². The number of carbonyl (C=O) groups excluding carboxylic acids is 2. The van der Waals surface area contributed by atoms with Crippen LogP contribution < -0.4 is 0 Å². The fourth-order valence-electron chi connectivity index (χ4n) is 3.48. The summed E-state index contributed by atoms with van der Waals surface area (Å²) in [6.07, 6.45) is 2.68. The summed E-state index contributed by atoms with van der Waals surface area (Å²) in [4.78, 5) is 23.8. The summed E-state index contributed by atoms with van der Waals surface area (Å²) >= 11 is -1.14. The second-order valence-corrected chi connectivity index (χ2v) is 6.17. The molecule has 0 aromatic rings. The van der Waals surface area contributed by atoms with E-state index in [2.05, 4.69) is 0 Å². The highest BCUT2D eigenvalue weighted by Gasteiger charge is 2.86. The normalized spacial score (nSPS) is 56.7. The lowest BCUT2D eigenvalue weighted by atomic mass is 9.61. The maximum Gasteiger partial charge on any atom is 0.329 e. The van der Waals surface area contributed by atoms with E-state index >= 15 is 0 Å². The van der Waals surface area contributed by atoms with Crippen LogP contribution in [-0.4, -0.2) is 40.2 Å². The lowest BCUT2D eigenvalue weighted by molar-refractivity contribution is -0.159. The number of carbonyl (C=O) groups is 2. The summed E-state index contributed by atoms with van der Waals surface area (Å²) in [5, 5.41) is 0. The standard InChI is InChI=1S/C10H8O5S/c11-7-9-3-16(13)4-10(9,8(12)15-7)6-2-1-5(9)14-6/h1-2,5-6H,3-4H2. The van der Waals surface area contributed by atoms with Gasteiger partial charge in [0.15, 0.2) is 10.8 Å². The van der Waals surface area contributed by atoms with Crippen molar-refractivity contribution in [2.75, 3.05) is 11.5 Å².